The second-order valence-electron chi connectivity index (χ2n) is 3.94. The number of imidazole rings is 1. The zero-order valence-electron chi connectivity index (χ0n) is 9.58. The fourth-order valence-corrected chi connectivity index (χ4v) is 2.31. The maximum Gasteiger partial charge on any atom is 0.157 e. The Bertz CT molecular complexity index is 553. The lowest BCUT2D eigenvalue weighted by Gasteiger charge is -2.07. The van der Waals surface area contributed by atoms with Gasteiger partial charge in [-0.2, -0.15) is 0 Å². The van der Waals surface area contributed by atoms with Crippen molar-refractivity contribution in [1.29, 1.82) is 0 Å². The van der Waals surface area contributed by atoms with Crippen molar-refractivity contribution in [2.45, 2.75) is 12.8 Å². The molecule has 6 heteroatoms. The first kappa shape index (κ1) is 12.5. The summed E-state index contributed by atoms with van der Waals surface area (Å²) in [5, 5.41) is 1.01. The lowest BCUT2D eigenvalue weighted by atomic mass is 10.1. The van der Waals surface area contributed by atoms with Gasteiger partial charge in [-0.1, -0.05) is 30.1 Å². The lowest BCUT2D eigenvalue weighted by Crippen LogP contribution is -2.05. The van der Waals surface area contributed by atoms with Crippen LogP contribution in [-0.2, 0) is 4.74 Å². The third-order valence-corrected chi connectivity index (χ3v) is 3.08. The van der Waals surface area contributed by atoms with Crippen LogP contribution in [0, 0.1) is 0 Å². The molecule has 0 saturated carbocycles. The highest BCUT2D eigenvalue weighted by atomic mass is 35.5. The summed E-state index contributed by atoms with van der Waals surface area (Å²) in [5.41, 5.74) is 7.43. The number of hydrogen-bond donors (Lipinski definition) is 1. The van der Waals surface area contributed by atoms with Crippen LogP contribution in [0.5, 0.6) is 0 Å². The molecule has 2 heterocycles. The zero-order valence-corrected chi connectivity index (χ0v) is 11.1. The van der Waals surface area contributed by atoms with Crippen molar-refractivity contribution in [3.63, 3.8) is 0 Å². The van der Waals surface area contributed by atoms with Gasteiger partial charge in [0.25, 0.3) is 0 Å². The van der Waals surface area contributed by atoms with Gasteiger partial charge in [-0.05, 0) is 6.07 Å². The molecule has 1 atom stereocenters. The first-order valence-electron chi connectivity index (χ1n) is 5.16. The van der Waals surface area contributed by atoms with Crippen LogP contribution in [0.4, 0.5) is 5.82 Å². The molecule has 0 radical (unpaired) electrons. The largest absolute Gasteiger partial charge is 0.384 e. The molecule has 2 aromatic heterocycles. The molecule has 1 unspecified atom stereocenters. The molecule has 2 rings (SSSR count). The Labute approximate surface area is 109 Å². The number of nitrogens with zero attached hydrogens (tertiary/aromatic N) is 2. The molecular formula is C11H13Cl2N3O. The van der Waals surface area contributed by atoms with E-state index in [2.05, 4.69) is 4.98 Å². The van der Waals surface area contributed by atoms with E-state index in [1.165, 1.54) is 0 Å². The van der Waals surface area contributed by atoms with Gasteiger partial charge in [0.2, 0.25) is 0 Å². The highest BCUT2D eigenvalue weighted by Crippen LogP contribution is 2.29. The number of ether oxygens (including phenoxy) is 1. The molecular weight excluding hydrogens is 261 g/mol. The SMILES string of the molecule is COCC(C)c1nc2c(Cl)cc(Cl)cn2c1N. The number of nitrogens with two attached hydrogens (primary N) is 1. The first-order valence-corrected chi connectivity index (χ1v) is 5.91. The Balaban J connectivity index is 2.60. The van der Waals surface area contributed by atoms with Crippen molar-refractivity contribution in [1.82, 2.24) is 9.38 Å². The Hall–Kier alpha value is -0.970. The monoisotopic (exact) mass is 273 g/mol. The highest BCUT2D eigenvalue weighted by molar-refractivity contribution is 6.36. The molecule has 2 N–H and O–H groups in total. The molecule has 0 amide bonds. The first-order chi connectivity index (χ1) is 8.04. The van der Waals surface area contributed by atoms with E-state index in [4.69, 9.17) is 33.7 Å². The van der Waals surface area contributed by atoms with Gasteiger partial charge in [0.05, 0.1) is 22.3 Å². The van der Waals surface area contributed by atoms with Gasteiger partial charge in [-0.15, -0.1) is 0 Å². The van der Waals surface area contributed by atoms with Crippen LogP contribution in [0.2, 0.25) is 10.0 Å². The number of aromatic nitrogens is 2. The van der Waals surface area contributed by atoms with Crippen molar-refractivity contribution in [2.24, 2.45) is 0 Å². The lowest BCUT2D eigenvalue weighted by molar-refractivity contribution is 0.183. The molecule has 0 spiro atoms. The summed E-state index contributed by atoms with van der Waals surface area (Å²) in [6, 6.07) is 1.65. The number of methoxy groups -OCH3 is 1. The molecule has 0 aliphatic carbocycles. The predicted octanol–water partition coefficient (Wildman–Crippen LogP) is 2.97. The molecule has 0 aliphatic heterocycles. The molecule has 0 aliphatic rings. The van der Waals surface area contributed by atoms with Crippen LogP contribution in [0.3, 0.4) is 0 Å². The van der Waals surface area contributed by atoms with Gasteiger partial charge in [0.15, 0.2) is 5.65 Å². The van der Waals surface area contributed by atoms with E-state index in [0.29, 0.717) is 28.1 Å². The van der Waals surface area contributed by atoms with Crippen molar-refractivity contribution < 1.29 is 4.74 Å². The summed E-state index contributed by atoms with van der Waals surface area (Å²) >= 11 is 12.0. The summed E-state index contributed by atoms with van der Waals surface area (Å²) in [4.78, 5) is 4.44. The molecule has 0 aromatic carbocycles. The Morgan fingerprint density at radius 3 is 2.88 bits per heavy atom. The van der Waals surface area contributed by atoms with E-state index in [-0.39, 0.29) is 5.92 Å². The van der Waals surface area contributed by atoms with Gasteiger partial charge >= 0.3 is 0 Å². The van der Waals surface area contributed by atoms with Gasteiger partial charge < -0.3 is 10.5 Å². The summed E-state index contributed by atoms with van der Waals surface area (Å²) < 4.78 is 6.80. The topological polar surface area (TPSA) is 52.5 Å². The standard InChI is InChI=1S/C11H13Cl2N3O/c1-6(5-17-2)9-10(14)16-4-7(12)3-8(13)11(16)15-9/h3-4,6H,5,14H2,1-2H3. The van der Waals surface area contributed by atoms with Crippen molar-refractivity contribution in [3.05, 3.63) is 28.0 Å². The van der Waals surface area contributed by atoms with Crippen LogP contribution in [0.1, 0.15) is 18.5 Å². The second-order valence-corrected chi connectivity index (χ2v) is 4.78. The second kappa shape index (κ2) is 4.72. The number of anilines is 1. The average molecular weight is 274 g/mol. The number of hydrogen-bond acceptors (Lipinski definition) is 3. The fraction of sp³-hybridized carbons (Fsp3) is 0.364. The quantitative estimate of drug-likeness (QED) is 0.936. The Morgan fingerprint density at radius 2 is 2.24 bits per heavy atom. The molecule has 4 nitrogen and oxygen atoms in total. The normalized spacial score (nSPS) is 13.2. The van der Waals surface area contributed by atoms with Crippen LogP contribution in [0.25, 0.3) is 5.65 Å². The summed E-state index contributed by atoms with van der Waals surface area (Å²) in [6.45, 7) is 2.55. The third kappa shape index (κ3) is 2.20. The van der Waals surface area contributed by atoms with Crippen LogP contribution in [0.15, 0.2) is 12.3 Å². The van der Waals surface area contributed by atoms with Gasteiger partial charge in [0.1, 0.15) is 5.82 Å². The van der Waals surface area contributed by atoms with Crippen molar-refractivity contribution in [3.8, 4) is 0 Å². The van der Waals surface area contributed by atoms with Gasteiger partial charge in [-0.25, -0.2) is 4.98 Å². The van der Waals surface area contributed by atoms with E-state index in [1.807, 2.05) is 6.92 Å². The van der Waals surface area contributed by atoms with E-state index in [0.717, 1.165) is 5.69 Å². The van der Waals surface area contributed by atoms with Crippen LogP contribution < -0.4 is 5.73 Å². The number of fused-ring (bicyclic) bond motifs is 1. The Morgan fingerprint density at radius 1 is 1.53 bits per heavy atom. The third-order valence-electron chi connectivity index (χ3n) is 2.59. The van der Waals surface area contributed by atoms with Crippen molar-refractivity contribution in [2.75, 3.05) is 19.5 Å². The minimum atomic E-state index is 0.106. The number of rotatable bonds is 3. The maximum atomic E-state index is 6.07. The smallest absolute Gasteiger partial charge is 0.157 e. The minimum absolute atomic E-state index is 0.106. The molecule has 92 valence electrons. The van der Waals surface area contributed by atoms with Crippen LogP contribution in [-0.4, -0.2) is 23.1 Å². The Kier molecular flexibility index (Phi) is 3.47. The van der Waals surface area contributed by atoms with E-state index < -0.39 is 0 Å². The highest BCUT2D eigenvalue weighted by Gasteiger charge is 2.17. The van der Waals surface area contributed by atoms with Gasteiger partial charge in [0, 0.05) is 19.2 Å². The van der Waals surface area contributed by atoms with E-state index in [1.54, 1.807) is 23.8 Å². The number of nitrogen functional groups attached to an aromatic ring is 1. The summed E-state index contributed by atoms with van der Waals surface area (Å²) in [6.07, 6.45) is 1.70. The number of halogens is 2. The van der Waals surface area contributed by atoms with Gasteiger partial charge in [-0.3, -0.25) is 4.40 Å². The average Bonchev–Trinajstić information content (AvgIpc) is 2.57. The zero-order chi connectivity index (χ0) is 12.6. The number of pyridine rings is 1. The molecule has 17 heavy (non-hydrogen) atoms. The summed E-state index contributed by atoms with van der Waals surface area (Å²) in [7, 11) is 1.65. The molecule has 0 saturated heterocycles. The van der Waals surface area contributed by atoms with E-state index >= 15 is 0 Å². The molecule has 2 aromatic rings. The fourth-order valence-electron chi connectivity index (χ4n) is 1.80. The molecule has 0 bridgehead atoms. The molecule has 0 fully saturated rings. The van der Waals surface area contributed by atoms with Crippen LogP contribution >= 0.6 is 23.2 Å². The minimum Gasteiger partial charge on any atom is -0.384 e. The predicted molar refractivity (Wildman–Crippen MR) is 69.9 cm³/mol. The summed E-state index contributed by atoms with van der Waals surface area (Å²) in [5.74, 6) is 0.656. The van der Waals surface area contributed by atoms with Crippen molar-refractivity contribution >= 4 is 34.7 Å². The maximum absolute atomic E-state index is 6.07. The van der Waals surface area contributed by atoms with E-state index in [9.17, 15) is 0 Å².